The minimum Gasteiger partial charge on any atom is -0.493 e. The normalized spacial score (nSPS) is 11.6. The van der Waals surface area contributed by atoms with Crippen LogP contribution in [-0.2, 0) is 10.3 Å². The molecule has 0 radical (unpaired) electrons. The summed E-state index contributed by atoms with van der Waals surface area (Å²) in [4.78, 5) is 18.9. The average molecular weight is 339 g/mol. The Balaban J connectivity index is 2.61. The molecule has 0 amide bonds. The van der Waals surface area contributed by atoms with Gasteiger partial charge in [0.15, 0.2) is 0 Å². The summed E-state index contributed by atoms with van der Waals surface area (Å²) in [5.41, 5.74) is -0.461. The van der Waals surface area contributed by atoms with Crippen molar-refractivity contribution in [3.8, 4) is 17.0 Å². The van der Waals surface area contributed by atoms with E-state index in [0.29, 0.717) is 5.56 Å². The van der Waals surface area contributed by atoms with E-state index in [0.717, 1.165) is 4.47 Å². The van der Waals surface area contributed by atoms with Gasteiger partial charge in [0.1, 0.15) is 17.0 Å². The molecule has 6 heteroatoms. The third kappa shape index (κ3) is 2.76. The molecule has 0 fully saturated rings. The van der Waals surface area contributed by atoms with Crippen molar-refractivity contribution < 1.29 is 9.84 Å². The highest BCUT2D eigenvalue weighted by Gasteiger charge is 2.25. The van der Waals surface area contributed by atoms with Crippen molar-refractivity contribution in [2.24, 2.45) is 0 Å². The Bertz CT molecular complexity index is 695. The van der Waals surface area contributed by atoms with E-state index < -0.39 is 11.2 Å². The highest BCUT2D eigenvalue weighted by molar-refractivity contribution is 9.10. The number of aromatic nitrogens is 2. The Morgan fingerprint density at radius 2 is 2.10 bits per heavy atom. The van der Waals surface area contributed by atoms with E-state index in [1.165, 1.54) is 7.11 Å². The lowest BCUT2D eigenvalue weighted by Crippen LogP contribution is -2.27. The number of aromatic hydroxyl groups is 1. The van der Waals surface area contributed by atoms with Crippen molar-refractivity contribution in [3.05, 3.63) is 44.9 Å². The topological polar surface area (TPSA) is 75.2 Å². The first-order valence-corrected chi connectivity index (χ1v) is 6.79. The van der Waals surface area contributed by atoms with Crippen LogP contribution in [0.5, 0.6) is 5.88 Å². The molecule has 0 saturated heterocycles. The molecular weight excluding hydrogens is 324 g/mol. The number of nitrogens with one attached hydrogen (secondary N) is 1. The van der Waals surface area contributed by atoms with Gasteiger partial charge in [0, 0.05) is 11.6 Å². The van der Waals surface area contributed by atoms with Crippen LogP contribution in [0.4, 0.5) is 0 Å². The van der Waals surface area contributed by atoms with Crippen LogP contribution in [0.2, 0.25) is 0 Å². The Morgan fingerprint density at radius 1 is 1.40 bits per heavy atom. The SMILES string of the molecule is COC(C)(C)c1nc(O)c(-c2cccc(Br)c2)c(=O)[nH]1. The molecule has 0 aliphatic rings. The highest BCUT2D eigenvalue weighted by Crippen LogP contribution is 2.28. The summed E-state index contributed by atoms with van der Waals surface area (Å²) in [6.45, 7) is 3.51. The molecule has 0 aliphatic heterocycles. The first-order chi connectivity index (χ1) is 9.35. The largest absolute Gasteiger partial charge is 0.493 e. The van der Waals surface area contributed by atoms with Crippen LogP contribution in [0.3, 0.4) is 0 Å². The van der Waals surface area contributed by atoms with Crippen LogP contribution in [0.1, 0.15) is 19.7 Å². The van der Waals surface area contributed by atoms with Gasteiger partial charge in [-0.05, 0) is 31.5 Å². The fourth-order valence-corrected chi connectivity index (χ4v) is 2.15. The summed E-state index contributed by atoms with van der Waals surface area (Å²) < 4.78 is 6.06. The Kier molecular flexibility index (Phi) is 3.96. The van der Waals surface area contributed by atoms with Crippen molar-refractivity contribution in [3.63, 3.8) is 0 Å². The minimum atomic E-state index is -0.785. The molecule has 2 N–H and O–H groups in total. The Hall–Kier alpha value is -1.66. The Labute approximate surface area is 124 Å². The van der Waals surface area contributed by atoms with Gasteiger partial charge in [-0.15, -0.1) is 0 Å². The fraction of sp³-hybridized carbons (Fsp3) is 0.286. The summed E-state index contributed by atoms with van der Waals surface area (Å²) in [6, 6.07) is 7.10. The van der Waals surface area contributed by atoms with Gasteiger partial charge in [-0.3, -0.25) is 4.79 Å². The second-order valence-electron chi connectivity index (χ2n) is 4.84. The van der Waals surface area contributed by atoms with Crippen LogP contribution >= 0.6 is 15.9 Å². The van der Waals surface area contributed by atoms with Gasteiger partial charge in [0.25, 0.3) is 5.56 Å². The van der Waals surface area contributed by atoms with E-state index >= 15 is 0 Å². The zero-order valence-electron chi connectivity index (χ0n) is 11.4. The van der Waals surface area contributed by atoms with Gasteiger partial charge in [-0.25, -0.2) is 0 Å². The van der Waals surface area contributed by atoms with Gasteiger partial charge < -0.3 is 14.8 Å². The molecule has 0 aliphatic carbocycles. The standard InChI is InChI=1S/C14H15BrN2O3/c1-14(2,20-3)13-16-11(18)10(12(19)17-13)8-5-4-6-9(15)7-8/h4-7H,1-3H3,(H2,16,17,18,19). The summed E-state index contributed by atoms with van der Waals surface area (Å²) in [7, 11) is 1.51. The molecule has 1 heterocycles. The zero-order valence-corrected chi connectivity index (χ0v) is 13.0. The quantitative estimate of drug-likeness (QED) is 0.902. The summed E-state index contributed by atoms with van der Waals surface area (Å²) in [6.07, 6.45) is 0. The van der Waals surface area contributed by atoms with E-state index in [9.17, 15) is 9.90 Å². The average Bonchev–Trinajstić information content (AvgIpc) is 2.38. The molecule has 0 atom stereocenters. The van der Waals surface area contributed by atoms with Crippen molar-refractivity contribution in [2.45, 2.75) is 19.4 Å². The lowest BCUT2D eigenvalue weighted by atomic mass is 10.1. The van der Waals surface area contributed by atoms with E-state index in [2.05, 4.69) is 25.9 Å². The molecule has 2 rings (SSSR count). The maximum atomic E-state index is 12.2. The molecule has 1 aromatic carbocycles. The second kappa shape index (κ2) is 5.38. The molecule has 1 aromatic heterocycles. The summed E-state index contributed by atoms with van der Waals surface area (Å²) >= 11 is 3.33. The van der Waals surface area contributed by atoms with Crippen molar-refractivity contribution in [1.29, 1.82) is 0 Å². The molecule has 5 nitrogen and oxygen atoms in total. The lowest BCUT2D eigenvalue weighted by Gasteiger charge is -2.21. The monoisotopic (exact) mass is 338 g/mol. The number of methoxy groups -OCH3 is 1. The minimum absolute atomic E-state index is 0.141. The number of rotatable bonds is 3. The lowest BCUT2D eigenvalue weighted by molar-refractivity contribution is 0.0108. The van der Waals surface area contributed by atoms with Crippen LogP contribution in [0.25, 0.3) is 11.1 Å². The van der Waals surface area contributed by atoms with Gasteiger partial charge in [-0.1, -0.05) is 28.1 Å². The van der Waals surface area contributed by atoms with Crippen LogP contribution in [0.15, 0.2) is 33.5 Å². The van der Waals surface area contributed by atoms with E-state index in [4.69, 9.17) is 4.74 Å². The number of nitrogens with zero attached hydrogens (tertiary/aromatic N) is 1. The maximum absolute atomic E-state index is 12.2. The van der Waals surface area contributed by atoms with Crippen LogP contribution in [0, 0.1) is 0 Å². The fourth-order valence-electron chi connectivity index (χ4n) is 1.75. The predicted octanol–water partition coefficient (Wildman–Crippen LogP) is 2.79. The van der Waals surface area contributed by atoms with E-state index in [-0.39, 0.29) is 17.3 Å². The number of hydrogen-bond acceptors (Lipinski definition) is 4. The third-order valence-electron chi connectivity index (χ3n) is 3.09. The van der Waals surface area contributed by atoms with Gasteiger partial charge in [-0.2, -0.15) is 4.98 Å². The molecule has 20 heavy (non-hydrogen) atoms. The molecule has 0 unspecified atom stereocenters. The van der Waals surface area contributed by atoms with Crippen molar-refractivity contribution in [1.82, 2.24) is 9.97 Å². The van der Waals surface area contributed by atoms with E-state index in [1.807, 2.05) is 6.07 Å². The third-order valence-corrected chi connectivity index (χ3v) is 3.59. The summed E-state index contributed by atoms with van der Waals surface area (Å²) in [5.74, 6) is -0.0341. The van der Waals surface area contributed by atoms with Crippen molar-refractivity contribution >= 4 is 15.9 Å². The van der Waals surface area contributed by atoms with E-state index in [1.54, 1.807) is 32.0 Å². The van der Waals surface area contributed by atoms with Gasteiger partial charge in [0.2, 0.25) is 5.88 Å². The Morgan fingerprint density at radius 3 is 2.65 bits per heavy atom. The second-order valence-corrected chi connectivity index (χ2v) is 5.75. The first kappa shape index (κ1) is 14.7. The number of hydrogen-bond donors (Lipinski definition) is 2. The van der Waals surface area contributed by atoms with Crippen LogP contribution in [-0.4, -0.2) is 22.2 Å². The number of aromatic amines is 1. The zero-order chi connectivity index (χ0) is 14.9. The molecular formula is C14H15BrN2O3. The number of H-pyrrole nitrogens is 1. The summed E-state index contributed by atoms with van der Waals surface area (Å²) in [5, 5.41) is 10.1. The van der Waals surface area contributed by atoms with Gasteiger partial charge >= 0.3 is 0 Å². The molecule has 2 aromatic rings. The maximum Gasteiger partial charge on any atom is 0.262 e. The smallest absolute Gasteiger partial charge is 0.262 e. The van der Waals surface area contributed by atoms with Gasteiger partial charge in [0.05, 0.1) is 0 Å². The number of ether oxygens (including phenoxy) is 1. The predicted molar refractivity (Wildman–Crippen MR) is 79.7 cm³/mol. The molecule has 106 valence electrons. The molecule has 0 saturated carbocycles. The van der Waals surface area contributed by atoms with Crippen LogP contribution < -0.4 is 5.56 Å². The highest BCUT2D eigenvalue weighted by atomic mass is 79.9. The first-order valence-electron chi connectivity index (χ1n) is 6.00. The molecule has 0 spiro atoms. The van der Waals surface area contributed by atoms with Crippen molar-refractivity contribution in [2.75, 3.05) is 7.11 Å². The number of benzene rings is 1. The molecule has 0 bridgehead atoms. The number of halogens is 1.